The lowest BCUT2D eigenvalue weighted by Crippen LogP contribution is -2.30. The second-order valence-corrected chi connectivity index (χ2v) is 7.62. The average molecular weight is 344 g/mol. The minimum atomic E-state index is 0.903. The highest BCUT2D eigenvalue weighted by Gasteiger charge is 2.26. The quantitative estimate of drug-likeness (QED) is 0.304. The van der Waals surface area contributed by atoms with Crippen LogP contribution in [0.2, 0.25) is 0 Å². The van der Waals surface area contributed by atoms with Crippen molar-refractivity contribution < 1.29 is 9.30 Å². The zero-order chi connectivity index (χ0) is 17.1. The van der Waals surface area contributed by atoms with E-state index in [1.54, 1.807) is 7.11 Å². The van der Waals surface area contributed by atoms with Crippen molar-refractivity contribution in [3.8, 4) is 16.9 Å². The van der Waals surface area contributed by atoms with E-state index in [0.717, 1.165) is 5.75 Å². The Morgan fingerprint density at radius 2 is 1.80 bits per heavy atom. The molecule has 1 aromatic heterocycles. The summed E-state index contributed by atoms with van der Waals surface area (Å²) in [4.78, 5) is 2.65. The summed E-state index contributed by atoms with van der Waals surface area (Å²) in [6, 6.07) is 19.7. The number of ether oxygens (including phenoxy) is 1. The number of methoxy groups -OCH3 is 1. The summed E-state index contributed by atoms with van der Waals surface area (Å²) >= 11 is 1.87. The Morgan fingerprint density at radius 1 is 0.920 bits per heavy atom. The first-order valence-corrected chi connectivity index (χ1v) is 9.20. The van der Waals surface area contributed by atoms with Crippen molar-refractivity contribution in [3.63, 3.8) is 0 Å². The number of aromatic nitrogens is 1. The second-order valence-electron chi connectivity index (χ2n) is 6.57. The lowest BCUT2D eigenvalue weighted by molar-refractivity contribution is -0.617. The molecule has 0 aliphatic carbocycles. The zero-order valence-electron chi connectivity index (χ0n) is 14.5. The van der Waals surface area contributed by atoms with Gasteiger partial charge < -0.3 is 4.74 Å². The predicted octanol–water partition coefficient (Wildman–Crippen LogP) is 5.27. The van der Waals surface area contributed by atoms with E-state index in [4.69, 9.17) is 4.74 Å². The van der Waals surface area contributed by atoms with E-state index >= 15 is 0 Å². The van der Waals surface area contributed by atoms with Crippen molar-refractivity contribution in [1.82, 2.24) is 0 Å². The molecule has 5 rings (SSSR count). The zero-order valence-corrected chi connectivity index (χ0v) is 15.3. The molecule has 2 nitrogen and oxygen atoms in total. The highest BCUT2D eigenvalue weighted by molar-refractivity contribution is 8.00. The summed E-state index contributed by atoms with van der Waals surface area (Å²) < 4.78 is 7.77. The van der Waals surface area contributed by atoms with Gasteiger partial charge in [-0.25, -0.2) is 0 Å². The fourth-order valence-electron chi connectivity index (χ4n) is 3.81. The molecule has 25 heavy (non-hydrogen) atoms. The van der Waals surface area contributed by atoms with E-state index in [1.807, 2.05) is 17.8 Å². The number of hydrogen-bond acceptors (Lipinski definition) is 2. The molecule has 3 heteroatoms. The van der Waals surface area contributed by atoms with E-state index in [0.29, 0.717) is 0 Å². The lowest BCUT2D eigenvalue weighted by Gasteiger charge is -2.21. The normalized spacial score (nSPS) is 12.4. The van der Waals surface area contributed by atoms with Gasteiger partial charge in [-0.2, -0.15) is 4.57 Å². The Balaban J connectivity index is 1.98. The Kier molecular flexibility index (Phi) is 3.10. The maximum absolute atomic E-state index is 5.46. The van der Waals surface area contributed by atoms with Gasteiger partial charge in [0.05, 0.1) is 17.9 Å². The summed E-state index contributed by atoms with van der Waals surface area (Å²) in [5, 5.41) is 2.66. The highest BCUT2D eigenvalue weighted by Crippen LogP contribution is 2.50. The van der Waals surface area contributed by atoms with Crippen molar-refractivity contribution in [1.29, 1.82) is 0 Å². The van der Waals surface area contributed by atoms with Gasteiger partial charge in [-0.05, 0) is 42.3 Å². The Morgan fingerprint density at radius 3 is 2.64 bits per heavy atom. The minimum absolute atomic E-state index is 0.903. The Bertz CT molecular complexity index is 1180. The summed E-state index contributed by atoms with van der Waals surface area (Å²) in [7, 11) is 3.89. The van der Waals surface area contributed by atoms with Gasteiger partial charge >= 0.3 is 0 Å². The molecule has 1 aliphatic rings. The van der Waals surface area contributed by atoms with Crippen LogP contribution < -0.4 is 9.30 Å². The first kappa shape index (κ1) is 14.8. The van der Waals surface area contributed by atoms with Crippen molar-refractivity contribution >= 4 is 33.6 Å². The average Bonchev–Trinajstić information content (AvgIpc) is 2.65. The van der Waals surface area contributed by atoms with E-state index in [2.05, 4.69) is 67.1 Å². The molecule has 3 aromatic carbocycles. The SMILES string of the molecule is COc1ccc2c(c1)-c1cccc3c1c(c1ccc(C)cc1[n+]3C)S2. The van der Waals surface area contributed by atoms with Gasteiger partial charge in [0.2, 0.25) is 11.0 Å². The van der Waals surface area contributed by atoms with Crippen LogP contribution in [-0.4, -0.2) is 7.11 Å². The van der Waals surface area contributed by atoms with Gasteiger partial charge in [-0.1, -0.05) is 30.0 Å². The van der Waals surface area contributed by atoms with Crippen LogP contribution in [0.3, 0.4) is 0 Å². The largest absolute Gasteiger partial charge is 0.497 e. The van der Waals surface area contributed by atoms with Gasteiger partial charge in [-0.15, -0.1) is 0 Å². The predicted molar refractivity (Wildman–Crippen MR) is 103 cm³/mol. The van der Waals surface area contributed by atoms with Gasteiger partial charge in [0.15, 0.2) is 0 Å². The molecule has 0 atom stereocenters. The number of rotatable bonds is 1. The van der Waals surface area contributed by atoms with Gasteiger partial charge in [0.25, 0.3) is 0 Å². The highest BCUT2D eigenvalue weighted by atomic mass is 32.2. The van der Waals surface area contributed by atoms with Crippen molar-refractivity contribution in [2.45, 2.75) is 16.7 Å². The van der Waals surface area contributed by atoms with E-state index in [-0.39, 0.29) is 0 Å². The molecule has 0 N–H and O–H groups in total. The number of fused-ring (bicyclic) bond motifs is 4. The first-order valence-electron chi connectivity index (χ1n) is 8.39. The van der Waals surface area contributed by atoms with E-state index in [1.165, 1.54) is 48.3 Å². The fraction of sp³-hybridized carbons (Fsp3) is 0.136. The third kappa shape index (κ3) is 2.02. The van der Waals surface area contributed by atoms with Crippen LogP contribution in [0, 0.1) is 6.92 Å². The van der Waals surface area contributed by atoms with Gasteiger partial charge in [-0.3, -0.25) is 0 Å². The van der Waals surface area contributed by atoms with Crippen LogP contribution in [-0.2, 0) is 7.05 Å². The molecule has 122 valence electrons. The van der Waals surface area contributed by atoms with E-state index < -0.39 is 0 Å². The number of pyridine rings is 1. The molecule has 0 amide bonds. The summed E-state index contributed by atoms with van der Waals surface area (Å²) in [6.45, 7) is 2.15. The third-order valence-corrected chi connectivity index (χ3v) is 6.28. The molecule has 2 heterocycles. The molecule has 0 fully saturated rings. The van der Waals surface area contributed by atoms with Gasteiger partial charge in [0, 0.05) is 27.5 Å². The molecule has 4 aromatic rings. The Labute approximate surface area is 151 Å². The van der Waals surface area contributed by atoms with Crippen LogP contribution in [0.1, 0.15) is 5.56 Å². The van der Waals surface area contributed by atoms with E-state index in [9.17, 15) is 0 Å². The van der Waals surface area contributed by atoms with Gasteiger partial charge in [0.1, 0.15) is 12.8 Å². The summed E-state index contributed by atoms with van der Waals surface area (Å²) in [5.41, 5.74) is 6.39. The minimum Gasteiger partial charge on any atom is -0.497 e. The number of hydrogen-bond donors (Lipinski definition) is 0. The molecular formula is C22H18NOS+. The topological polar surface area (TPSA) is 13.1 Å². The number of benzene rings is 3. The smallest absolute Gasteiger partial charge is 0.214 e. The van der Waals surface area contributed by atoms with Crippen LogP contribution in [0.4, 0.5) is 0 Å². The van der Waals surface area contributed by atoms with Crippen LogP contribution in [0.5, 0.6) is 5.75 Å². The summed E-state index contributed by atoms with van der Waals surface area (Å²) in [6.07, 6.45) is 0. The molecule has 1 aliphatic heterocycles. The molecule has 0 unspecified atom stereocenters. The first-order chi connectivity index (χ1) is 12.2. The Hall–Kier alpha value is -2.52. The molecule has 0 saturated carbocycles. The van der Waals surface area contributed by atoms with Crippen molar-refractivity contribution in [3.05, 3.63) is 60.2 Å². The lowest BCUT2D eigenvalue weighted by atomic mass is 9.97. The number of nitrogens with zero attached hydrogens (tertiary/aromatic N) is 1. The van der Waals surface area contributed by atoms with Crippen molar-refractivity contribution in [2.75, 3.05) is 7.11 Å². The standard InChI is InChI=1S/C22H18NOS/c1-13-7-9-16-19(11-13)23(2)18-6-4-5-15-17-12-14(24-3)8-10-20(17)25-22(16)21(15)18/h4-12H,1-3H3/q+1. The van der Waals surface area contributed by atoms with Crippen molar-refractivity contribution in [2.24, 2.45) is 7.05 Å². The molecule has 0 radical (unpaired) electrons. The summed E-state index contributed by atoms with van der Waals surface area (Å²) in [5.74, 6) is 0.903. The molecule has 0 spiro atoms. The molecule has 0 bridgehead atoms. The fourth-order valence-corrected chi connectivity index (χ4v) is 5.04. The molecular weight excluding hydrogens is 326 g/mol. The second kappa shape index (κ2) is 5.24. The monoisotopic (exact) mass is 344 g/mol. The molecule has 0 saturated heterocycles. The number of aryl methyl sites for hydroxylation is 2. The van der Waals surface area contributed by atoms with Crippen LogP contribution in [0.25, 0.3) is 32.9 Å². The van der Waals surface area contributed by atoms with Crippen LogP contribution in [0.15, 0.2) is 64.4 Å². The maximum Gasteiger partial charge on any atom is 0.214 e. The van der Waals surface area contributed by atoms with Crippen LogP contribution >= 0.6 is 11.8 Å². The maximum atomic E-state index is 5.46. The third-order valence-electron chi connectivity index (χ3n) is 5.08.